The Labute approximate surface area is 76.0 Å². The quantitative estimate of drug-likeness (QED) is 0.761. The number of hydrogen-bond donors (Lipinski definition) is 2. The molecule has 72 valence electrons. The lowest BCUT2D eigenvalue weighted by molar-refractivity contribution is 0.593. The fourth-order valence-corrected chi connectivity index (χ4v) is 1.30. The summed E-state index contributed by atoms with van der Waals surface area (Å²) in [5, 5.41) is 0. The Kier molecular flexibility index (Phi) is 2.84. The summed E-state index contributed by atoms with van der Waals surface area (Å²) >= 11 is 0. The first-order valence-electron chi connectivity index (χ1n) is 3.50. The van der Waals surface area contributed by atoms with E-state index in [1.165, 1.54) is 25.2 Å². The Bertz CT molecular complexity index is 391. The minimum Gasteiger partial charge on any atom is -0.271 e. The van der Waals surface area contributed by atoms with E-state index in [-0.39, 0.29) is 5.69 Å². The highest BCUT2D eigenvalue weighted by Crippen LogP contribution is 2.09. The smallest absolute Gasteiger partial charge is 0.271 e. The number of nitrogens with one attached hydrogen (secondary N) is 2. The van der Waals surface area contributed by atoms with Gasteiger partial charge in [-0.25, -0.2) is 9.11 Å². The second-order valence-electron chi connectivity index (χ2n) is 2.32. The Balaban J connectivity index is 2.87. The van der Waals surface area contributed by atoms with Crippen molar-refractivity contribution in [2.45, 2.75) is 0 Å². The molecule has 4 nitrogen and oxygen atoms in total. The number of rotatable bonds is 3. The van der Waals surface area contributed by atoms with Gasteiger partial charge in [-0.3, -0.25) is 4.72 Å². The third kappa shape index (κ3) is 3.00. The SMILES string of the molecule is CNS(=O)(=O)Nc1cccc(F)c1. The van der Waals surface area contributed by atoms with E-state index in [2.05, 4.69) is 4.72 Å². The maximum absolute atomic E-state index is 12.6. The molecule has 13 heavy (non-hydrogen) atoms. The summed E-state index contributed by atoms with van der Waals surface area (Å²) in [4.78, 5) is 0. The van der Waals surface area contributed by atoms with Gasteiger partial charge in [-0.1, -0.05) is 6.07 Å². The molecule has 0 aliphatic carbocycles. The molecular formula is C7H9FN2O2S. The third-order valence-corrected chi connectivity index (χ3v) is 2.39. The first kappa shape index (κ1) is 9.94. The summed E-state index contributed by atoms with van der Waals surface area (Å²) in [5.74, 6) is -0.490. The third-order valence-electron chi connectivity index (χ3n) is 1.35. The van der Waals surface area contributed by atoms with E-state index < -0.39 is 16.0 Å². The van der Waals surface area contributed by atoms with Crippen LogP contribution in [0.4, 0.5) is 10.1 Å². The molecule has 1 aromatic rings. The van der Waals surface area contributed by atoms with Crippen molar-refractivity contribution in [2.24, 2.45) is 0 Å². The Morgan fingerprint density at radius 1 is 1.38 bits per heavy atom. The maximum atomic E-state index is 12.6. The molecule has 0 bridgehead atoms. The first-order valence-corrected chi connectivity index (χ1v) is 4.99. The van der Waals surface area contributed by atoms with E-state index in [0.29, 0.717) is 0 Å². The predicted octanol–water partition coefficient (Wildman–Crippen LogP) is 0.702. The van der Waals surface area contributed by atoms with Crippen LogP contribution in [0.25, 0.3) is 0 Å². The molecule has 0 aromatic heterocycles. The van der Waals surface area contributed by atoms with Gasteiger partial charge < -0.3 is 0 Å². The van der Waals surface area contributed by atoms with Gasteiger partial charge in [0.15, 0.2) is 0 Å². The van der Waals surface area contributed by atoms with Crippen molar-refractivity contribution < 1.29 is 12.8 Å². The van der Waals surface area contributed by atoms with Crippen LogP contribution in [-0.4, -0.2) is 15.5 Å². The van der Waals surface area contributed by atoms with Crippen LogP contribution in [0, 0.1) is 5.82 Å². The summed E-state index contributed by atoms with van der Waals surface area (Å²) in [6.07, 6.45) is 0. The average molecular weight is 204 g/mol. The zero-order valence-electron chi connectivity index (χ0n) is 6.91. The van der Waals surface area contributed by atoms with Gasteiger partial charge >= 0.3 is 0 Å². The van der Waals surface area contributed by atoms with Gasteiger partial charge in [0.25, 0.3) is 10.2 Å². The van der Waals surface area contributed by atoms with Crippen molar-refractivity contribution in [3.63, 3.8) is 0 Å². The molecule has 0 aliphatic heterocycles. The molecule has 2 N–H and O–H groups in total. The lowest BCUT2D eigenvalue weighted by Gasteiger charge is -2.05. The lowest BCUT2D eigenvalue weighted by Crippen LogP contribution is -2.26. The highest BCUT2D eigenvalue weighted by atomic mass is 32.2. The molecule has 1 rings (SSSR count). The zero-order chi connectivity index (χ0) is 9.90. The van der Waals surface area contributed by atoms with Crippen LogP contribution in [-0.2, 0) is 10.2 Å². The topological polar surface area (TPSA) is 58.2 Å². The second-order valence-corrected chi connectivity index (χ2v) is 3.94. The van der Waals surface area contributed by atoms with Crippen molar-refractivity contribution in [3.8, 4) is 0 Å². The molecule has 0 atom stereocenters. The van der Waals surface area contributed by atoms with Crippen molar-refractivity contribution in [1.82, 2.24) is 4.72 Å². The van der Waals surface area contributed by atoms with Crippen LogP contribution in [0.3, 0.4) is 0 Å². The number of benzene rings is 1. The molecule has 0 aliphatic rings. The second kappa shape index (κ2) is 3.71. The van der Waals surface area contributed by atoms with Crippen molar-refractivity contribution in [3.05, 3.63) is 30.1 Å². The van der Waals surface area contributed by atoms with E-state index in [4.69, 9.17) is 0 Å². The molecule has 0 saturated heterocycles. The van der Waals surface area contributed by atoms with E-state index in [1.807, 2.05) is 4.72 Å². The fourth-order valence-electron chi connectivity index (χ4n) is 0.758. The minimum atomic E-state index is -3.56. The molecule has 0 amide bonds. The highest BCUT2D eigenvalue weighted by Gasteiger charge is 2.05. The summed E-state index contributed by atoms with van der Waals surface area (Å²) in [7, 11) is -2.29. The largest absolute Gasteiger partial charge is 0.298 e. The highest BCUT2D eigenvalue weighted by molar-refractivity contribution is 7.90. The lowest BCUT2D eigenvalue weighted by atomic mass is 10.3. The standard InChI is InChI=1S/C7H9FN2O2S/c1-9-13(11,12)10-7-4-2-3-6(8)5-7/h2-5,9-10H,1H3. The Morgan fingerprint density at radius 2 is 2.08 bits per heavy atom. The summed E-state index contributed by atoms with van der Waals surface area (Å²) in [5.41, 5.74) is 0.189. The monoisotopic (exact) mass is 204 g/mol. The van der Waals surface area contributed by atoms with Gasteiger partial charge in [0.05, 0.1) is 5.69 Å². The molecule has 0 fully saturated rings. The van der Waals surface area contributed by atoms with E-state index >= 15 is 0 Å². The van der Waals surface area contributed by atoms with E-state index in [1.54, 1.807) is 0 Å². The maximum Gasteiger partial charge on any atom is 0.298 e. The van der Waals surface area contributed by atoms with Crippen LogP contribution in [0.1, 0.15) is 0 Å². The molecule has 6 heteroatoms. The van der Waals surface area contributed by atoms with Crippen molar-refractivity contribution in [1.29, 1.82) is 0 Å². The number of hydrogen-bond acceptors (Lipinski definition) is 2. The van der Waals surface area contributed by atoms with Gasteiger partial charge in [-0.15, -0.1) is 0 Å². The van der Waals surface area contributed by atoms with E-state index in [9.17, 15) is 12.8 Å². The van der Waals surface area contributed by atoms with E-state index in [0.717, 1.165) is 6.07 Å². The van der Waals surface area contributed by atoms with Gasteiger partial charge in [0, 0.05) is 7.05 Å². The summed E-state index contributed by atoms with van der Waals surface area (Å²) < 4.78 is 38.6. The fraction of sp³-hybridized carbons (Fsp3) is 0.143. The Morgan fingerprint density at radius 3 is 2.62 bits per heavy atom. The number of halogens is 1. The molecule has 0 spiro atoms. The average Bonchev–Trinajstić information content (AvgIpc) is 2.03. The molecule has 0 unspecified atom stereocenters. The summed E-state index contributed by atoms with van der Waals surface area (Å²) in [6, 6.07) is 5.20. The zero-order valence-corrected chi connectivity index (χ0v) is 7.73. The summed E-state index contributed by atoms with van der Waals surface area (Å²) in [6.45, 7) is 0. The predicted molar refractivity (Wildman–Crippen MR) is 48.0 cm³/mol. The van der Waals surface area contributed by atoms with Gasteiger partial charge in [-0.2, -0.15) is 8.42 Å². The van der Waals surface area contributed by atoms with Crippen LogP contribution in [0.5, 0.6) is 0 Å². The minimum absolute atomic E-state index is 0.189. The van der Waals surface area contributed by atoms with Crippen LogP contribution >= 0.6 is 0 Å². The normalized spacial score (nSPS) is 11.2. The van der Waals surface area contributed by atoms with Crippen LogP contribution in [0.15, 0.2) is 24.3 Å². The molecule has 0 heterocycles. The van der Waals surface area contributed by atoms with Gasteiger partial charge in [0.2, 0.25) is 0 Å². The van der Waals surface area contributed by atoms with Crippen molar-refractivity contribution in [2.75, 3.05) is 11.8 Å². The van der Waals surface area contributed by atoms with Crippen LogP contribution in [0.2, 0.25) is 0 Å². The Hall–Kier alpha value is -1.14. The molecule has 1 aromatic carbocycles. The molecule has 0 radical (unpaired) electrons. The van der Waals surface area contributed by atoms with Gasteiger partial charge in [-0.05, 0) is 18.2 Å². The van der Waals surface area contributed by atoms with Crippen LogP contribution < -0.4 is 9.44 Å². The molecular weight excluding hydrogens is 195 g/mol. The molecule has 0 saturated carbocycles. The van der Waals surface area contributed by atoms with Crippen molar-refractivity contribution >= 4 is 15.9 Å². The van der Waals surface area contributed by atoms with Gasteiger partial charge in [0.1, 0.15) is 5.82 Å². The first-order chi connectivity index (χ1) is 6.03. The number of anilines is 1.